The second-order valence-electron chi connectivity index (χ2n) is 5.28. The van der Waals surface area contributed by atoms with Gasteiger partial charge in [0.25, 0.3) is 0 Å². The lowest BCUT2D eigenvalue weighted by molar-refractivity contribution is 0.340. The molecule has 1 aromatic carbocycles. The minimum absolute atomic E-state index is 0.0450. The molecular weight excluding hydrogens is 274 g/mol. The van der Waals surface area contributed by atoms with Crippen LogP contribution in [0.25, 0.3) is 0 Å². The molecule has 2 N–H and O–H groups in total. The fourth-order valence-corrected chi connectivity index (χ4v) is 2.51. The summed E-state index contributed by atoms with van der Waals surface area (Å²) in [6.07, 6.45) is 1.73. The first-order chi connectivity index (χ1) is 9.35. The Hall–Kier alpha value is -1.07. The minimum Gasteiger partial charge on any atom is -0.493 e. The molecule has 114 valence electrons. The second-order valence-corrected chi connectivity index (χ2v) is 7.96. The van der Waals surface area contributed by atoms with Crippen LogP contribution < -0.4 is 10.5 Å². The molecule has 0 amide bonds. The average Bonchev–Trinajstić information content (AvgIpc) is 2.38. The van der Waals surface area contributed by atoms with Crippen LogP contribution in [0.1, 0.15) is 32.8 Å². The summed E-state index contributed by atoms with van der Waals surface area (Å²) in [6, 6.07) is 7.82. The maximum atomic E-state index is 11.7. The fraction of sp³-hybridized carbons (Fsp3) is 0.600. The van der Waals surface area contributed by atoms with Gasteiger partial charge in [0.1, 0.15) is 12.4 Å². The zero-order chi connectivity index (χ0) is 15.2. The molecule has 5 heteroatoms. The molecule has 1 aromatic rings. The monoisotopic (exact) mass is 299 g/mol. The molecule has 0 saturated heterocycles. The molecule has 20 heavy (non-hydrogen) atoms. The zero-order valence-electron chi connectivity index (χ0n) is 12.5. The van der Waals surface area contributed by atoms with Crippen molar-refractivity contribution >= 4 is 9.84 Å². The summed E-state index contributed by atoms with van der Waals surface area (Å²) in [5.74, 6) is 0.744. The van der Waals surface area contributed by atoms with Crippen LogP contribution in [0.15, 0.2) is 24.3 Å². The van der Waals surface area contributed by atoms with E-state index in [1.54, 1.807) is 13.8 Å². The van der Waals surface area contributed by atoms with Crippen LogP contribution in [-0.4, -0.2) is 32.1 Å². The highest BCUT2D eigenvalue weighted by molar-refractivity contribution is 7.91. The minimum atomic E-state index is -3.05. The molecule has 1 atom stereocenters. The first-order valence-electron chi connectivity index (χ1n) is 7.04. The van der Waals surface area contributed by atoms with E-state index < -0.39 is 9.84 Å². The Balaban J connectivity index is 2.55. The summed E-state index contributed by atoms with van der Waals surface area (Å²) < 4.78 is 28.9. The third-order valence-corrected chi connectivity index (χ3v) is 5.45. The van der Waals surface area contributed by atoms with E-state index in [0.717, 1.165) is 18.4 Å². The summed E-state index contributed by atoms with van der Waals surface area (Å²) in [6.45, 7) is 5.61. The van der Waals surface area contributed by atoms with Gasteiger partial charge < -0.3 is 10.5 Å². The first-order valence-corrected chi connectivity index (χ1v) is 8.75. The van der Waals surface area contributed by atoms with Crippen molar-refractivity contribution in [2.75, 3.05) is 12.4 Å². The molecule has 1 unspecified atom stereocenters. The average molecular weight is 299 g/mol. The molecule has 4 nitrogen and oxygen atoms in total. The lowest BCUT2D eigenvalue weighted by Crippen LogP contribution is -2.22. The predicted molar refractivity (Wildman–Crippen MR) is 82.8 cm³/mol. The molecule has 0 aliphatic rings. The van der Waals surface area contributed by atoms with Gasteiger partial charge in [0.05, 0.1) is 11.0 Å². The van der Waals surface area contributed by atoms with E-state index >= 15 is 0 Å². The van der Waals surface area contributed by atoms with Crippen molar-refractivity contribution in [3.8, 4) is 5.75 Å². The smallest absolute Gasteiger partial charge is 0.155 e. The largest absolute Gasteiger partial charge is 0.493 e. The Morgan fingerprint density at radius 3 is 2.60 bits per heavy atom. The molecule has 0 bridgehead atoms. The second kappa shape index (κ2) is 7.64. The summed E-state index contributed by atoms with van der Waals surface area (Å²) in [4.78, 5) is 0. The van der Waals surface area contributed by atoms with E-state index in [2.05, 4.69) is 6.92 Å². The first kappa shape index (κ1) is 17.0. The van der Waals surface area contributed by atoms with Crippen LogP contribution in [0, 0.1) is 0 Å². The van der Waals surface area contributed by atoms with Crippen molar-refractivity contribution in [2.24, 2.45) is 5.73 Å². The van der Waals surface area contributed by atoms with Crippen LogP contribution in [0.5, 0.6) is 5.75 Å². The Labute approximate surface area is 122 Å². The number of rotatable bonds is 8. The van der Waals surface area contributed by atoms with E-state index in [1.807, 2.05) is 24.3 Å². The van der Waals surface area contributed by atoms with E-state index in [4.69, 9.17) is 10.5 Å². The van der Waals surface area contributed by atoms with Crippen molar-refractivity contribution < 1.29 is 13.2 Å². The van der Waals surface area contributed by atoms with E-state index in [1.165, 1.54) is 0 Å². The van der Waals surface area contributed by atoms with Crippen LogP contribution in [0.3, 0.4) is 0 Å². The SMILES string of the molecule is CCC(N)Cc1cccc(OCCS(=O)(=O)C(C)C)c1. The van der Waals surface area contributed by atoms with Crippen molar-refractivity contribution in [1.82, 2.24) is 0 Å². The standard InChI is InChI=1S/C15H25NO3S/c1-4-14(16)10-13-6-5-7-15(11-13)19-8-9-20(17,18)12(2)3/h5-7,11-12,14H,4,8-10,16H2,1-3H3. The Bertz CT molecular complexity index is 512. The van der Waals surface area contributed by atoms with Crippen molar-refractivity contribution in [3.05, 3.63) is 29.8 Å². The van der Waals surface area contributed by atoms with Gasteiger partial charge in [-0.15, -0.1) is 0 Å². The third-order valence-electron chi connectivity index (χ3n) is 3.28. The number of benzene rings is 1. The maximum absolute atomic E-state index is 11.7. The van der Waals surface area contributed by atoms with Crippen LogP contribution in [0.2, 0.25) is 0 Å². The van der Waals surface area contributed by atoms with Gasteiger partial charge in [-0.3, -0.25) is 0 Å². The molecule has 1 rings (SSSR count). The molecule has 0 heterocycles. The van der Waals surface area contributed by atoms with Gasteiger partial charge in [0, 0.05) is 6.04 Å². The number of ether oxygens (including phenoxy) is 1. The number of hydrogen-bond donors (Lipinski definition) is 1. The summed E-state index contributed by atoms with van der Waals surface area (Å²) in [5.41, 5.74) is 7.04. The Morgan fingerprint density at radius 1 is 1.30 bits per heavy atom. The van der Waals surface area contributed by atoms with Crippen LogP contribution in [0.4, 0.5) is 0 Å². The summed E-state index contributed by atoms with van der Waals surface area (Å²) in [5, 5.41) is -0.361. The van der Waals surface area contributed by atoms with Crippen LogP contribution >= 0.6 is 0 Å². The van der Waals surface area contributed by atoms with E-state index in [-0.39, 0.29) is 23.7 Å². The van der Waals surface area contributed by atoms with Crippen molar-refractivity contribution in [1.29, 1.82) is 0 Å². The van der Waals surface area contributed by atoms with Gasteiger partial charge in [0.15, 0.2) is 9.84 Å². The van der Waals surface area contributed by atoms with Gasteiger partial charge in [-0.2, -0.15) is 0 Å². The number of sulfone groups is 1. The Morgan fingerprint density at radius 2 is 2.00 bits per heavy atom. The topological polar surface area (TPSA) is 69.4 Å². The molecular formula is C15H25NO3S. The van der Waals surface area contributed by atoms with E-state index in [9.17, 15) is 8.42 Å². The fourth-order valence-electron chi connectivity index (χ4n) is 1.72. The van der Waals surface area contributed by atoms with Gasteiger partial charge in [-0.05, 0) is 44.4 Å². The molecule has 0 spiro atoms. The third kappa shape index (κ3) is 5.51. The molecule has 0 radical (unpaired) electrons. The lowest BCUT2D eigenvalue weighted by atomic mass is 10.0. The van der Waals surface area contributed by atoms with Crippen molar-refractivity contribution in [3.63, 3.8) is 0 Å². The predicted octanol–water partition coefficient (Wildman–Crippen LogP) is 2.17. The normalized spacial score (nSPS) is 13.4. The molecule has 0 fully saturated rings. The highest BCUT2D eigenvalue weighted by Crippen LogP contribution is 2.15. The Kier molecular flexibility index (Phi) is 6.49. The van der Waals surface area contributed by atoms with Gasteiger partial charge in [-0.25, -0.2) is 8.42 Å². The zero-order valence-corrected chi connectivity index (χ0v) is 13.3. The summed E-state index contributed by atoms with van der Waals surface area (Å²) >= 11 is 0. The highest BCUT2D eigenvalue weighted by Gasteiger charge is 2.15. The molecule has 0 aliphatic heterocycles. The molecule has 0 aliphatic carbocycles. The van der Waals surface area contributed by atoms with Gasteiger partial charge in [-0.1, -0.05) is 19.1 Å². The van der Waals surface area contributed by atoms with Gasteiger partial charge >= 0.3 is 0 Å². The van der Waals surface area contributed by atoms with Gasteiger partial charge in [0.2, 0.25) is 0 Å². The molecule has 0 aromatic heterocycles. The van der Waals surface area contributed by atoms with E-state index in [0.29, 0.717) is 5.75 Å². The number of nitrogens with two attached hydrogens (primary N) is 1. The lowest BCUT2D eigenvalue weighted by Gasteiger charge is -2.12. The van der Waals surface area contributed by atoms with Crippen LogP contribution in [-0.2, 0) is 16.3 Å². The summed E-state index contributed by atoms with van der Waals surface area (Å²) in [7, 11) is -3.05. The molecule has 0 saturated carbocycles. The maximum Gasteiger partial charge on any atom is 0.155 e. The highest BCUT2D eigenvalue weighted by atomic mass is 32.2. The van der Waals surface area contributed by atoms with Crippen molar-refractivity contribution in [2.45, 2.75) is 44.9 Å². The number of hydrogen-bond acceptors (Lipinski definition) is 4. The quantitative estimate of drug-likeness (QED) is 0.798.